The molecular weight excluding hydrogens is 278 g/mol. The van der Waals surface area contributed by atoms with Gasteiger partial charge in [-0.25, -0.2) is 0 Å². The van der Waals surface area contributed by atoms with Gasteiger partial charge >= 0.3 is 0 Å². The molecule has 4 heteroatoms. The highest BCUT2D eigenvalue weighted by molar-refractivity contribution is 5.41. The topological polar surface area (TPSA) is 50.7 Å². The number of methoxy groups -OCH3 is 2. The van der Waals surface area contributed by atoms with Crippen LogP contribution in [-0.2, 0) is 6.54 Å². The quantitative estimate of drug-likeness (QED) is 0.825. The summed E-state index contributed by atoms with van der Waals surface area (Å²) in [5, 5.41) is 13.6. The highest BCUT2D eigenvalue weighted by Gasteiger charge is 2.14. The van der Waals surface area contributed by atoms with Crippen molar-refractivity contribution in [3.8, 4) is 11.5 Å². The molecule has 0 bridgehead atoms. The SMILES string of the molecule is COc1ccc(OC)c(C(O)CNCc2ccc(C)cc2)c1. The van der Waals surface area contributed by atoms with Crippen LogP contribution < -0.4 is 14.8 Å². The van der Waals surface area contributed by atoms with Crippen molar-refractivity contribution in [2.75, 3.05) is 20.8 Å². The predicted molar refractivity (Wildman–Crippen MR) is 87.4 cm³/mol. The monoisotopic (exact) mass is 301 g/mol. The second-order valence-electron chi connectivity index (χ2n) is 5.24. The fourth-order valence-electron chi connectivity index (χ4n) is 2.27. The molecule has 0 aliphatic heterocycles. The number of nitrogens with one attached hydrogen (secondary N) is 1. The van der Waals surface area contributed by atoms with Crippen LogP contribution >= 0.6 is 0 Å². The lowest BCUT2D eigenvalue weighted by Crippen LogP contribution is -2.21. The lowest BCUT2D eigenvalue weighted by Gasteiger charge is -2.16. The van der Waals surface area contributed by atoms with Gasteiger partial charge in [0.25, 0.3) is 0 Å². The molecule has 0 aliphatic carbocycles. The smallest absolute Gasteiger partial charge is 0.124 e. The standard InChI is InChI=1S/C18H23NO3/c1-13-4-6-14(7-5-13)11-19-12-17(20)16-10-15(21-2)8-9-18(16)22-3/h4-10,17,19-20H,11-12H2,1-3H3. The van der Waals surface area contributed by atoms with E-state index in [1.54, 1.807) is 26.4 Å². The molecule has 0 aliphatic rings. The van der Waals surface area contributed by atoms with Crippen LogP contribution in [0.25, 0.3) is 0 Å². The van der Waals surface area contributed by atoms with E-state index in [4.69, 9.17) is 9.47 Å². The zero-order chi connectivity index (χ0) is 15.9. The number of aliphatic hydroxyl groups is 1. The van der Waals surface area contributed by atoms with Gasteiger partial charge in [0.05, 0.1) is 20.3 Å². The lowest BCUT2D eigenvalue weighted by molar-refractivity contribution is 0.169. The average Bonchev–Trinajstić information content (AvgIpc) is 2.56. The van der Waals surface area contributed by atoms with Crippen LogP contribution in [0, 0.1) is 6.92 Å². The van der Waals surface area contributed by atoms with Crippen LogP contribution in [0.15, 0.2) is 42.5 Å². The number of benzene rings is 2. The Morgan fingerprint density at radius 3 is 2.41 bits per heavy atom. The summed E-state index contributed by atoms with van der Waals surface area (Å²) in [6.07, 6.45) is -0.657. The third-order valence-electron chi connectivity index (χ3n) is 3.58. The summed E-state index contributed by atoms with van der Waals surface area (Å²) in [7, 11) is 3.20. The van der Waals surface area contributed by atoms with E-state index in [0.29, 0.717) is 24.6 Å². The Hall–Kier alpha value is -2.04. The van der Waals surface area contributed by atoms with E-state index in [1.807, 2.05) is 6.07 Å². The summed E-state index contributed by atoms with van der Waals surface area (Å²) in [4.78, 5) is 0. The molecule has 0 radical (unpaired) electrons. The first-order chi connectivity index (χ1) is 10.6. The molecule has 118 valence electrons. The van der Waals surface area contributed by atoms with Gasteiger partial charge in [-0.3, -0.25) is 0 Å². The van der Waals surface area contributed by atoms with Crippen molar-refractivity contribution >= 4 is 0 Å². The Morgan fingerprint density at radius 1 is 1.05 bits per heavy atom. The van der Waals surface area contributed by atoms with Crippen LogP contribution in [0.1, 0.15) is 22.8 Å². The molecule has 0 aromatic heterocycles. The molecular formula is C18H23NO3. The summed E-state index contributed by atoms with van der Waals surface area (Å²) < 4.78 is 10.5. The molecule has 0 amide bonds. The maximum atomic E-state index is 10.4. The lowest BCUT2D eigenvalue weighted by atomic mass is 10.1. The number of ether oxygens (including phenoxy) is 2. The molecule has 4 nitrogen and oxygen atoms in total. The molecule has 0 saturated carbocycles. The van der Waals surface area contributed by atoms with Crippen LogP contribution in [0.3, 0.4) is 0 Å². The van der Waals surface area contributed by atoms with Crippen molar-refractivity contribution in [3.63, 3.8) is 0 Å². The molecule has 1 atom stereocenters. The first-order valence-corrected chi connectivity index (χ1v) is 7.30. The van der Waals surface area contributed by atoms with Crippen molar-refractivity contribution in [2.24, 2.45) is 0 Å². The molecule has 2 N–H and O–H groups in total. The number of hydrogen-bond donors (Lipinski definition) is 2. The van der Waals surface area contributed by atoms with Gasteiger partial charge in [-0.2, -0.15) is 0 Å². The number of aryl methyl sites for hydroxylation is 1. The minimum Gasteiger partial charge on any atom is -0.497 e. The third-order valence-corrected chi connectivity index (χ3v) is 3.58. The van der Waals surface area contributed by atoms with E-state index in [-0.39, 0.29) is 0 Å². The molecule has 2 aromatic rings. The van der Waals surface area contributed by atoms with Crippen LogP contribution in [0.2, 0.25) is 0 Å². The summed E-state index contributed by atoms with van der Waals surface area (Å²) in [6, 6.07) is 13.8. The Kier molecular flexibility index (Phi) is 5.81. The first kappa shape index (κ1) is 16.3. The Bertz CT molecular complexity index is 596. The summed E-state index contributed by atoms with van der Waals surface area (Å²) in [5.41, 5.74) is 3.15. The highest BCUT2D eigenvalue weighted by atomic mass is 16.5. The second kappa shape index (κ2) is 7.82. The second-order valence-corrected chi connectivity index (χ2v) is 5.24. The molecule has 0 fully saturated rings. The largest absolute Gasteiger partial charge is 0.497 e. The molecule has 1 unspecified atom stereocenters. The maximum Gasteiger partial charge on any atom is 0.124 e. The van der Waals surface area contributed by atoms with Crippen molar-refractivity contribution < 1.29 is 14.6 Å². The number of aliphatic hydroxyl groups excluding tert-OH is 1. The van der Waals surface area contributed by atoms with Gasteiger partial charge in [0, 0.05) is 18.7 Å². The van der Waals surface area contributed by atoms with Crippen molar-refractivity contribution in [1.82, 2.24) is 5.32 Å². The normalized spacial score (nSPS) is 12.0. The van der Waals surface area contributed by atoms with Crippen molar-refractivity contribution in [3.05, 3.63) is 59.2 Å². The molecule has 2 rings (SSSR count). The van der Waals surface area contributed by atoms with Crippen LogP contribution in [0.5, 0.6) is 11.5 Å². The molecule has 22 heavy (non-hydrogen) atoms. The predicted octanol–water partition coefficient (Wildman–Crippen LogP) is 2.84. The van der Waals surface area contributed by atoms with E-state index in [2.05, 4.69) is 36.5 Å². The molecule has 2 aromatic carbocycles. The molecule has 0 heterocycles. The van der Waals surface area contributed by atoms with E-state index in [9.17, 15) is 5.11 Å². The van der Waals surface area contributed by atoms with Crippen LogP contribution in [-0.4, -0.2) is 25.9 Å². The Labute approximate surface area is 131 Å². The van der Waals surface area contributed by atoms with Gasteiger partial charge in [0.2, 0.25) is 0 Å². The van der Waals surface area contributed by atoms with Crippen molar-refractivity contribution in [1.29, 1.82) is 0 Å². The van der Waals surface area contributed by atoms with Gasteiger partial charge in [-0.05, 0) is 30.7 Å². The van der Waals surface area contributed by atoms with Gasteiger partial charge in [0.15, 0.2) is 0 Å². The van der Waals surface area contributed by atoms with Crippen LogP contribution in [0.4, 0.5) is 0 Å². The third kappa shape index (κ3) is 4.23. The zero-order valence-corrected chi connectivity index (χ0v) is 13.3. The summed E-state index contributed by atoms with van der Waals surface area (Å²) in [5.74, 6) is 1.36. The summed E-state index contributed by atoms with van der Waals surface area (Å²) in [6.45, 7) is 3.22. The minimum absolute atomic E-state index is 0.442. The Balaban J connectivity index is 1.96. The molecule has 0 saturated heterocycles. The molecule has 0 spiro atoms. The summed E-state index contributed by atoms with van der Waals surface area (Å²) >= 11 is 0. The van der Waals surface area contributed by atoms with E-state index < -0.39 is 6.10 Å². The van der Waals surface area contributed by atoms with Gasteiger partial charge < -0.3 is 19.9 Å². The first-order valence-electron chi connectivity index (χ1n) is 7.30. The highest BCUT2D eigenvalue weighted by Crippen LogP contribution is 2.29. The fourth-order valence-corrected chi connectivity index (χ4v) is 2.27. The maximum absolute atomic E-state index is 10.4. The van der Waals surface area contributed by atoms with E-state index in [0.717, 1.165) is 5.56 Å². The van der Waals surface area contributed by atoms with Gasteiger partial charge in [-0.1, -0.05) is 29.8 Å². The Morgan fingerprint density at radius 2 is 1.77 bits per heavy atom. The average molecular weight is 301 g/mol. The number of rotatable bonds is 7. The van der Waals surface area contributed by atoms with Gasteiger partial charge in [0.1, 0.15) is 11.5 Å². The van der Waals surface area contributed by atoms with E-state index >= 15 is 0 Å². The zero-order valence-electron chi connectivity index (χ0n) is 13.3. The van der Waals surface area contributed by atoms with E-state index in [1.165, 1.54) is 11.1 Å². The number of hydrogen-bond acceptors (Lipinski definition) is 4. The minimum atomic E-state index is -0.657. The van der Waals surface area contributed by atoms with Crippen molar-refractivity contribution in [2.45, 2.75) is 19.6 Å². The fraction of sp³-hybridized carbons (Fsp3) is 0.333. The van der Waals surface area contributed by atoms with Gasteiger partial charge in [-0.15, -0.1) is 0 Å².